The molecule has 1 saturated heterocycles. The number of benzene rings is 1. The average Bonchev–Trinajstić information content (AvgIpc) is 2.77. The Balaban J connectivity index is 1.88. The summed E-state index contributed by atoms with van der Waals surface area (Å²) in [6.07, 6.45) is 3.85. The molecular weight excluding hydrogens is 408 g/mol. The molecule has 1 amide bonds. The summed E-state index contributed by atoms with van der Waals surface area (Å²) >= 11 is 0. The molecule has 0 saturated carbocycles. The Hall–Kier alpha value is -2.65. The van der Waals surface area contributed by atoms with E-state index >= 15 is 0 Å². The van der Waals surface area contributed by atoms with Crippen molar-refractivity contribution in [3.63, 3.8) is 0 Å². The summed E-state index contributed by atoms with van der Waals surface area (Å²) in [6.45, 7) is 7.93. The van der Waals surface area contributed by atoms with Crippen molar-refractivity contribution < 1.29 is 27.5 Å². The van der Waals surface area contributed by atoms with Gasteiger partial charge in [0.2, 0.25) is 10.0 Å². The van der Waals surface area contributed by atoms with Crippen LogP contribution in [0.5, 0.6) is 5.75 Å². The topological polar surface area (TPSA) is 93.2 Å². The number of esters is 1. The first-order valence-electron chi connectivity index (χ1n) is 9.64. The summed E-state index contributed by atoms with van der Waals surface area (Å²) in [7, 11) is -2.13. The first kappa shape index (κ1) is 23.6. The fraction of sp³-hybridized carbons (Fsp3) is 0.429. The summed E-state index contributed by atoms with van der Waals surface area (Å²) in [5, 5.41) is 0. The molecule has 1 aliphatic rings. The van der Waals surface area contributed by atoms with Crippen LogP contribution in [-0.4, -0.2) is 69.4 Å². The van der Waals surface area contributed by atoms with Crippen LogP contribution in [0.2, 0.25) is 0 Å². The van der Waals surface area contributed by atoms with E-state index in [2.05, 4.69) is 13.2 Å². The molecular formula is C21H28N2O6S. The lowest BCUT2D eigenvalue weighted by Gasteiger charge is -2.30. The number of carbonyl (C=O) groups excluding carboxylic acids is 2. The van der Waals surface area contributed by atoms with E-state index in [4.69, 9.17) is 9.47 Å². The second kappa shape index (κ2) is 10.9. The van der Waals surface area contributed by atoms with Gasteiger partial charge in [0.1, 0.15) is 5.75 Å². The van der Waals surface area contributed by atoms with Crippen molar-refractivity contribution >= 4 is 21.9 Å². The lowest BCUT2D eigenvalue weighted by atomic mass is 9.98. The summed E-state index contributed by atoms with van der Waals surface area (Å²) in [4.78, 5) is 26.1. The van der Waals surface area contributed by atoms with Gasteiger partial charge >= 0.3 is 5.97 Å². The highest BCUT2D eigenvalue weighted by Gasteiger charge is 2.33. The van der Waals surface area contributed by atoms with Crippen LogP contribution in [-0.2, 0) is 24.3 Å². The number of sulfonamides is 1. The van der Waals surface area contributed by atoms with Gasteiger partial charge in [-0.15, -0.1) is 13.2 Å². The molecule has 0 aliphatic carbocycles. The van der Waals surface area contributed by atoms with Gasteiger partial charge in [-0.05, 0) is 37.1 Å². The molecule has 1 heterocycles. The van der Waals surface area contributed by atoms with Gasteiger partial charge in [-0.3, -0.25) is 9.59 Å². The second-order valence-electron chi connectivity index (χ2n) is 6.84. The minimum atomic E-state index is -3.64. The molecule has 1 aromatic carbocycles. The Morgan fingerprint density at radius 1 is 1.13 bits per heavy atom. The average molecular weight is 437 g/mol. The molecule has 9 heteroatoms. The van der Waals surface area contributed by atoms with Crippen LogP contribution < -0.4 is 4.74 Å². The maximum absolute atomic E-state index is 12.8. The highest BCUT2D eigenvalue weighted by atomic mass is 32.2. The third-order valence-corrected chi connectivity index (χ3v) is 6.79. The zero-order valence-electron chi connectivity index (χ0n) is 17.2. The molecule has 0 bridgehead atoms. The van der Waals surface area contributed by atoms with E-state index in [0.29, 0.717) is 31.7 Å². The predicted molar refractivity (Wildman–Crippen MR) is 112 cm³/mol. The maximum atomic E-state index is 12.8. The zero-order chi connectivity index (χ0) is 22.1. The number of methoxy groups -OCH3 is 1. The third kappa shape index (κ3) is 5.93. The van der Waals surface area contributed by atoms with Crippen molar-refractivity contribution in [2.24, 2.45) is 5.92 Å². The van der Waals surface area contributed by atoms with Crippen LogP contribution in [0.15, 0.2) is 54.5 Å². The van der Waals surface area contributed by atoms with Crippen LogP contribution in [0.3, 0.4) is 0 Å². The Bertz CT molecular complexity index is 848. The van der Waals surface area contributed by atoms with E-state index in [1.165, 1.54) is 28.4 Å². The van der Waals surface area contributed by atoms with Crippen LogP contribution >= 0.6 is 0 Å². The molecule has 1 aliphatic heterocycles. The van der Waals surface area contributed by atoms with Gasteiger partial charge in [0.15, 0.2) is 6.61 Å². The second-order valence-corrected chi connectivity index (χ2v) is 8.78. The largest absolute Gasteiger partial charge is 0.497 e. The van der Waals surface area contributed by atoms with Crippen molar-refractivity contribution in [1.82, 2.24) is 9.21 Å². The molecule has 30 heavy (non-hydrogen) atoms. The van der Waals surface area contributed by atoms with E-state index < -0.39 is 21.9 Å². The molecule has 164 valence electrons. The highest BCUT2D eigenvalue weighted by Crippen LogP contribution is 2.25. The van der Waals surface area contributed by atoms with Crippen molar-refractivity contribution in [1.29, 1.82) is 0 Å². The molecule has 2 rings (SSSR count). The van der Waals surface area contributed by atoms with E-state index in [0.717, 1.165) is 0 Å². The fourth-order valence-corrected chi connectivity index (χ4v) is 4.63. The molecule has 1 fully saturated rings. The van der Waals surface area contributed by atoms with E-state index in [9.17, 15) is 18.0 Å². The summed E-state index contributed by atoms with van der Waals surface area (Å²) in [6, 6.07) is 6.18. The van der Waals surface area contributed by atoms with Crippen LogP contribution in [0.4, 0.5) is 0 Å². The van der Waals surface area contributed by atoms with Crippen molar-refractivity contribution in [3.8, 4) is 5.75 Å². The zero-order valence-corrected chi connectivity index (χ0v) is 18.0. The van der Waals surface area contributed by atoms with Gasteiger partial charge in [0.25, 0.3) is 5.91 Å². The minimum absolute atomic E-state index is 0.180. The number of amides is 1. The monoisotopic (exact) mass is 436 g/mol. The number of piperidine rings is 1. The van der Waals surface area contributed by atoms with Gasteiger partial charge < -0.3 is 14.4 Å². The molecule has 1 aromatic rings. The normalized spacial score (nSPS) is 15.2. The quantitative estimate of drug-likeness (QED) is 0.410. The van der Waals surface area contributed by atoms with Gasteiger partial charge in [-0.25, -0.2) is 8.42 Å². The van der Waals surface area contributed by atoms with E-state index in [1.807, 2.05) is 0 Å². The van der Waals surface area contributed by atoms with Gasteiger partial charge in [0, 0.05) is 26.2 Å². The molecule has 0 aromatic heterocycles. The Morgan fingerprint density at radius 3 is 2.20 bits per heavy atom. The van der Waals surface area contributed by atoms with E-state index in [-0.39, 0.29) is 30.5 Å². The van der Waals surface area contributed by atoms with Crippen molar-refractivity contribution in [2.45, 2.75) is 17.7 Å². The smallest absolute Gasteiger partial charge is 0.309 e. The SMILES string of the molecule is C=CCN(CC=C)C(=O)COC(=O)C1CCN(S(=O)(=O)c2ccc(OC)cc2)CC1. The van der Waals surface area contributed by atoms with Crippen molar-refractivity contribution in [2.75, 3.05) is 39.9 Å². The van der Waals surface area contributed by atoms with Gasteiger partial charge in [-0.2, -0.15) is 4.31 Å². The van der Waals surface area contributed by atoms with Gasteiger partial charge in [0.05, 0.1) is 17.9 Å². The van der Waals surface area contributed by atoms with Gasteiger partial charge in [-0.1, -0.05) is 12.2 Å². The highest BCUT2D eigenvalue weighted by molar-refractivity contribution is 7.89. The molecule has 0 unspecified atom stereocenters. The number of nitrogens with zero attached hydrogens (tertiary/aromatic N) is 2. The number of ether oxygens (including phenoxy) is 2. The summed E-state index contributed by atoms with van der Waals surface area (Å²) in [5.74, 6) is -0.679. The Kier molecular flexibility index (Phi) is 8.61. The summed E-state index contributed by atoms with van der Waals surface area (Å²) < 4.78 is 37.1. The molecule has 0 radical (unpaired) electrons. The van der Waals surface area contributed by atoms with E-state index in [1.54, 1.807) is 24.3 Å². The minimum Gasteiger partial charge on any atom is -0.497 e. The predicted octanol–water partition coefficient (Wildman–Crippen LogP) is 1.84. The number of carbonyl (C=O) groups is 2. The maximum Gasteiger partial charge on any atom is 0.309 e. The standard InChI is InChI=1S/C21H28N2O6S/c1-4-12-22(13-5-2)20(24)16-29-21(25)17-10-14-23(15-11-17)30(26,27)19-8-6-18(28-3)7-9-19/h4-9,17H,1-2,10-16H2,3H3. The lowest BCUT2D eigenvalue weighted by Crippen LogP contribution is -2.41. The molecule has 0 atom stereocenters. The van der Waals surface area contributed by atoms with Crippen LogP contribution in [0, 0.1) is 5.92 Å². The van der Waals surface area contributed by atoms with Crippen molar-refractivity contribution in [3.05, 3.63) is 49.6 Å². The van der Waals surface area contributed by atoms with Crippen LogP contribution in [0.25, 0.3) is 0 Å². The molecule has 0 N–H and O–H groups in total. The first-order chi connectivity index (χ1) is 14.3. The first-order valence-corrected chi connectivity index (χ1v) is 11.1. The lowest BCUT2D eigenvalue weighted by molar-refractivity contribution is -0.156. The summed E-state index contributed by atoms with van der Waals surface area (Å²) in [5.41, 5.74) is 0. The number of hydrogen-bond donors (Lipinski definition) is 0. The number of rotatable bonds is 10. The number of hydrogen-bond acceptors (Lipinski definition) is 6. The Morgan fingerprint density at radius 2 is 1.70 bits per heavy atom. The fourth-order valence-electron chi connectivity index (χ4n) is 3.16. The molecule has 0 spiro atoms. The molecule has 8 nitrogen and oxygen atoms in total. The Labute approximate surface area is 177 Å². The third-order valence-electron chi connectivity index (χ3n) is 4.87. The van der Waals surface area contributed by atoms with Crippen LogP contribution in [0.1, 0.15) is 12.8 Å².